The number of carbonyl (C=O) groups is 1. The highest BCUT2D eigenvalue weighted by atomic mass is 79.9. The zero-order chi connectivity index (χ0) is 21.0. The van der Waals surface area contributed by atoms with E-state index in [-0.39, 0.29) is 11.3 Å². The molecule has 6 nitrogen and oxygen atoms in total. The summed E-state index contributed by atoms with van der Waals surface area (Å²) in [6, 6.07) is 12.8. The first-order valence-electron chi connectivity index (χ1n) is 9.28. The Labute approximate surface area is 178 Å². The fourth-order valence-corrected chi connectivity index (χ4v) is 5.14. The topological polar surface area (TPSA) is 99.3 Å². The van der Waals surface area contributed by atoms with Crippen molar-refractivity contribution < 1.29 is 18.3 Å². The van der Waals surface area contributed by atoms with E-state index in [2.05, 4.69) is 32.6 Å². The highest BCUT2D eigenvalue weighted by molar-refractivity contribution is 9.09. The average Bonchev–Trinajstić information content (AvgIpc) is 3.10. The number of halogens is 1. The molecule has 0 amide bonds. The van der Waals surface area contributed by atoms with Crippen molar-refractivity contribution in [1.29, 1.82) is 0 Å². The Balaban J connectivity index is 1.79. The molecule has 8 heteroatoms. The lowest BCUT2D eigenvalue weighted by Crippen LogP contribution is -2.42. The van der Waals surface area contributed by atoms with Crippen molar-refractivity contribution in [2.75, 3.05) is 5.33 Å². The van der Waals surface area contributed by atoms with Crippen LogP contribution in [0, 0.1) is 0 Å². The molecule has 3 N–H and O–H groups in total. The van der Waals surface area contributed by atoms with Crippen molar-refractivity contribution in [3.05, 3.63) is 65.9 Å². The van der Waals surface area contributed by atoms with Crippen LogP contribution >= 0.6 is 15.9 Å². The molecule has 29 heavy (non-hydrogen) atoms. The number of rotatable bonds is 9. The first kappa shape index (κ1) is 21.5. The molecule has 0 spiro atoms. The number of hydrogen-bond donors (Lipinski definition) is 3. The van der Waals surface area contributed by atoms with Crippen LogP contribution < -0.4 is 4.72 Å². The van der Waals surface area contributed by atoms with Gasteiger partial charge in [-0.1, -0.05) is 53.2 Å². The molecule has 0 bridgehead atoms. The molecule has 1 aromatic heterocycles. The van der Waals surface area contributed by atoms with Crippen LogP contribution in [0.25, 0.3) is 10.9 Å². The molecule has 1 heterocycles. The lowest BCUT2D eigenvalue weighted by Gasteiger charge is -2.16. The summed E-state index contributed by atoms with van der Waals surface area (Å²) >= 11 is 3.41. The highest BCUT2D eigenvalue weighted by Crippen LogP contribution is 2.23. The fourth-order valence-electron chi connectivity index (χ4n) is 3.26. The summed E-state index contributed by atoms with van der Waals surface area (Å²) in [5.41, 5.74) is 2.66. The molecule has 3 aromatic rings. The van der Waals surface area contributed by atoms with Gasteiger partial charge in [-0.25, -0.2) is 8.42 Å². The van der Waals surface area contributed by atoms with Gasteiger partial charge in [0.05, 0.1) is 4.90 Å². The molecule has 2 unspecified atom stereocenters. The predicted molar refractivity (Wildman–Crippen MR) is 117 cm³/mol. The summed E-state index contributed by atoms with van der Waals surface area (Å²) in [6.07, 6.45) is 2.70. The summed E-state index contributed by atoms with van der Waals surface area (Å²) in [7, 11) is -3.97. The van der Waals surface area contributed by atoms with E-state index in [0.29, 0.717) is 5.92 Å². The first-order chi connectivity index (χ1) is 13.8. The van der Waals surface area contributed by atoms with Crippen LogP contribution in [-0.2, 0) is 21.2 Å². The number of carboxylic acid groups (broad SMARTS) is 1. The van der Waals surface area contributed by atoms with Gasteiger partial charge < -0.3 is 10.1 Å². The van der Waals surface area contributed by atoms with Gasteiger partial charge in [-0.3, -0.25) is 4.79 Å². The number of H-pyrrole nitrogens is 1. The summed E-state index contributed by atoms with van der Waals surface area (Å²) in [5.74, 6) is -0.922. The second-order valence-electron chi connectivity index (χ2n) is 7.02. The summed E-state index contributed by atoms with van der Waals surface area (Å²) in [4.78, 5) is 14.9. The molecule has 154 valence electrons. The van der Waals surface area contributed by atoms with Gasteiger partial charge in [-0.15, -0.1) is 0 Å². The summed E-state index contributed by atoms with van der Waals surface area (Å²) in [5, 5.41) is 11.3. The standard InChI is InChI=1S/C21H23BrN2O4S/c1-14(10-11-22)15-6-8-17(9-7-15)29(27,28)24-20(21(25)26)12-16-13-23-19-5-3-2-4-18(16)19/h2-9,13-14,20,23-24H,10-12H2,1H3,(H,25,26). The number of aromatic amines is 1. The molecule has 2 atom stereocenters. The Hall–Kier alpha value is -2.16. The van der Waals surface area contributed by atoms with E-state index in [1.54, 1.807) is 18.3 Å². The van der Waals surface area contributed by atoms with Gasteiger partial charge in [0.2, 0.25) is 10.0 Å². The van der Waals surface area contributed by atoms with Gasteiger partial charge in [0.25, 0.3) is 0 Å². The number of aliphatic carboxylic acids is 1. The van der Waals surface area contributed by atoms with E-state index < -0.39 is 22.0 Å². The van der Waals surface area contributed by atoms with E-state index in [1.807, 2.05) is 24.3 Å². The average molecular weight is 479 g/mol. The minimum absolute atomic E-state index is 0.0406. The van der Waals surface area contributed by atoms with Crippen molar-refractivity contribution in [2.45, 2.75) is 36.6 Å². The van der Waals surface area contributed by atoms with Crippen molar-refractivity contribution >= 4 is 42.8 Å². The zero-order valence-corrected chi connectivity index (χ0v) is 18.3. The van der Waals surface area contributed by atoms with Gasteiger partial charge in [0.1, 0.15) is 6.04 Å². The highest BCUT2D eigenvalue weighted by Gasteiger charge is 2.26. The molecule has 0 saturated carbocycles. The number of benzene rings is 2. The molecule has 0 aliphatic rings. The number of alkyl halides is 1. The molecule has 0 saturated heterocycles. The molecule has 0 aliphatic heterocycles. The van der Waals surface area contributed by atoms with Crippen LogP contribution in [0.15, 0.2) is 59.6 Å². The van der Waals surface area contributed by atoms with Gasteiger partial charge in [-0.2, -0.15) is 4.72 Å². The zero-order valence-electron chi connectivity index (χ0n) is 15.9. The van der Waals surface area contributed by atoms with E-state index in [4.69, 9.17) is 0 Å². The van der Waals surface area contributed by atoms with E-state index in [1.165, 1.54) is 12.1 Å². The third-order valence-corrected chi connectivity index (χ3v) is 6.94. The van der Waals surface area contributed by atoms with Crippen molar-refractivity contribution in [2.24, 2.45) is 0 Å². The molecule has 2 aromatic carbocycles. The maximum Gasteiger partial charge on any atom is 0.322 e. The van der Waals surface area contributed by atoms with Crippen molar-refractivity contribution in [1.82, 2.24) is 9.71 Å². The number of carboxylic acids is 1. The normalized spacial score (nSPS) is 14.0. The smallest absolute Gasteiger partial charge is 0.322 e. The number of hydrogen-bond acceptors (Lipinski definition) is 3. The quantitative estimate of drug-likeness (QED) is 0.404. The Morgan fingerprint density at radius 1 is 1.17 bits per heavy atom. The molecule has 0 aliphatic carbocycles. The largest absolute Gasteiger partial charge is 0.480 e. The van der Waals surface area contributed by atoms with Crippen molar-refractivity contribution in [3.63, 3.8) is 0 Å². The number of nitrogens with one attached hydrogen (secondary N) is 2. The van der Waals surface area contributed by atoms with Crippen LogP contribution in [-0.4, -0.2) is 35.8 Å². The molecule has 0 radical (unpaired) electrons. The van der Waals surface area contributed by atoms with Crippen LogP contribution in [0.3, 0.4) is 0 Å². The van der Waals surface area contributed by atoms with E-state index >= 15 is 0 Å². The second kappa shape index (κ2) is 9.11. The summed E-state index contributed by atoms with van der Waals surface area (Å²) in [6.45, 7) is 2.07. The molecule has 0 fully saturated rings. The van der Waals surface area contributed by atoms with Crippen LogP contribution in [0.2, 0.25) is 0 Å². The van der Waals surface area contributed by atoms with Gasteiger partial charge in [0, 0.05) is 28.9 Å². The molecular formula is C21H23BrN2O4S. The van der Waals surface area contributed by atoms with Crippen LogP contribution in [0.4, 0.5) is 0 Å². The Kier molecular flexibility index (Phi) is 6.77. The van der Waals surface area contributed by atoms with Crippen LogP contribution in [0.5, 0.6) is 0 Å². The third-order valence-electron chi connectivity index (χ3n) is 5.00. The third kappa shape index (κ3) is 5.07. The minimum Gasteiger partial charge on any atom is -0.480 e. The Morgan fingerprint density at radius 3 is 2.52 bits per heavy atom. The monoisotopic (exact) mass is 478 g/mol. The summed E-state index contributed by atoms with van der Waals surface area (Å²) < 4.78 is 27.8. The maximum atomic E-state index is 12.8. The predicted octanol–water partition coefficient (Wildman–Crippen LogP) is 4.03. The molecule has 3 rings (SSSR count). The fraction of sp³-hybridized carbons (Fsp3) is 0.286. The lowest BCUT2D eigenvalue weighted by atomic mass is 9.99. The Morgan fingerprint density at radius 2 is 1.86 bits per heavy atom. The Bertz CT molecular complexity index is 1090. The first-order valence-corrected chi connectivity index (χ1v) is 11.9. The SMILES string of the molecule is CC(CCBr)c1ccc(S(=O)(=O)NC(Cc2c[nH]c3ccccc23)C(=O)O)cc1. The van der Waals surface area contributed by atoms with Crippen molar-refractivity contribution in [3.8, 4) is 0 Å². The number of fused-ring (bicyclic) bond motifs is 1. The van der Waals surface area contributed by atoms with Crippen LogP contribution in [0.1, 0.15) is 30.4 Å². The minimum atomic E-state index is -3.97. The maximum absolute atomic E-state index is 12.8. The van der Waals surface area contributed by atoms with E-state index in [0.717, 1.165) is 33.8 Å². The van der Waals surface area contributed by atoms with Gasteiger partial charge in [0.15, 0.2) is 0 Å². The second-order valence-corrected chi connectivity index (χ2v) is 9.53. The van der Waals surface area contributed by atoms with E-state index in [9.17, 15) is 18.3 Å². The van der Waals surface area contributed by atoms with Gasteiger partial charge in [-0.05, 0) is 41.7 Å². The number of aromatic nitrogens is 1. The van der Waals surface area contributed by atoms with Gasteiger partial charge >= 0.3 is 5.97 Å². The number of sulfonamides is 1. The number of para-hydroxylation sites is 1. The lowest BCUT2D eigenvalue weighted by molar-refractivity contribution is -0.138. The molecular weight excluding hydrogens is 456 g/mol.